The molecule has 2 saturated carbocycles. The Hall–Kier alpha value is -4.26. The summed E-state index contributed by atoms with van der Waals surface area (Å²) in [6.45, 7) is 3.26. The lowest BCUT2D eigenvalue weighted by atomic mass is 9.75. The SMILES string of the molecule is CC(CNC(=O)CCCC(=O)NC1CCC(Cc2ccccc2)(N(C)C)CC1)c1ccc(Cl)cc1.CN(C)C1(Cc2cccc(Cl)c2)CCC(NC(=O)CCC(=O)NCCc2cccs2)CC1. The standard InChI is InChI=1S/C29H40ClN3O2.C25H34ClN3O2S/c1-22(24-12-14-25(30)15-13-24)21-31-27(34)10-7-11-28(35)32-26-16-18-29(19-17-26,33(2)3)20-23-8-5-4-6-9-23;1-29(2)25(18-19-5-3-6-20(26)17-19)13-10-21(11-14-25)28-24(31)9-8-23(30)27-15-12-22-7-4-16-32-22/h4-6,8-9,12-15,22,26H,7,10-11,16-21H2,1-3H3,(H,31,34)(H,32,35);3-7,16-17,21H,8-15,18H2,1-2H3,(H,27,30)(H,28,31). The number of hydrogen-bond acceptors (Lipinski definition) is 7. The van der Waals surface area contributed by atoms with Gasteiger partial charge >= 0.3 is 0 Å². The second kappa shape index (κ2) is 27.1. The van der Waals surface area contributed by atoms with Gasteiger partial charge in [-0.15, -0.1) is 11.3 Å². The molecule has 13 heteroatoms. The first-order valence-corrected chi connectivity index (χ1v) is 25.8. The van der Waals surface area contributed by atoms with Gasteiger partial charge in [0.15, 0.2) is 0 Å². The van der Waals surface area contributed by atoms with Crippen LogP contribution in [-0.4, -0.2) is 97.9 Å². The fourth-order valence-electron chi connectivity index (χ4n) is 9.53. The van der Waals surface area contributed by atoms with Gasteiger partial charge in [-0.3, -0.25) is 19.2 Å². The number of amides is 4. The van der Waals surface area contributed by atoms with Gasteiger partial charge in [-0.2, -0.15) is 0 Å². The molecule has 364 valence electrons. The molecule has 1 aromatic heterocycles. The van der Waals surface area contributed by atoms with Gasteiger partial charge in [0.2, 0.25) is 23.6 Å². The molecule has 0 saturated heterocycles. The van der Waals surface area contributed by atoms with E-state index in [1.807, 2.05) is 53.9 Å². The Bertz CT molecular complexity index is 2120. The minimum atomic E-state index is -0.0616. The van der Waals surface area contributed by atoms with E-state index in [2.05, 4.69) is 109 Å². The predicted molar refractivity (Wildman–Crippen MR) is 276 cm³/mol. The Labute approximate surface area is 414 Å². The highest BCUT2D eigenvalue weighted by Crippen LogP contribution is 2.37. The van der Waals surface area contributed by atoms with Gasteiger partial charge in [0.05, 0.1) is 0 Å². The maximum atomic E-state index is 12.5. The van der Waals surface area contributed by atoms with Crippen molar-refractivity contribution in [3.05, 3.63) is 128 Å². The van der Waals surface area contributed by atoms with Crippen LogP contribution in [0.25, 0.3) is 0 Å². The number of nitrogens with zero attached hydrogens (tertiary/aromatic N) is 2. The normalized spacial score (nSPS) is 20.9. The summed E-state index contributed by atoms with van der Waals surface area (Å²) in [6.07, 6.45) is 12.6. The average Bonchev–Trinajstić information content (AvgIpc) is 3.83. The highest BCUT2D eigenvalue weighted by atomic mass is 35.5. The summed E-state index contributed by atoms with van der Waals surface area (Å²) in [4.78, 5) is 55.1. The van der Waals surface area contributed by atoms with Gasteiger partial charge in [-0.25, -0.2) is 0 Å². The number of rotatable bonds is 21. The molecule has 1 atom stereocenters. The number of likely N-dealkylation sites (N-methyl/N-ethyl adjacent to an activating group) is 2. The Morgan fingerprint density at radius 3 is 1.73 bits per heavy atom. The highest BCUT2D eigenvalue weighted by Gasteiger charge is 2.39. The van der Waals surface area contributed by atoms with E-state index < -0.39 is 0 Å². The molecule has 0 aliphatic heterocycles. The Kier molecular flexibility index (Phi) is 21.7. The molecular formula is C54H74Cl2N6O4S. The van der Waals surface area contributed by atoms with Crippen LogP contribution >= 0.6 is 34.5 Å². The Balaban J connectivity index is 0.000000252. The number of benzene rings is 3. The van der Waals surface area contributed by atoms with Crippen molar-refractivity contribution in [2.24, 2.45) is 0 Å². The van der Waals surface area contributed by atoms with Crippen LogP contribution in [0, 0.1) is 0 Å². The predicted octanol–water partition coefficient (Wildman–Crippen LogP) is 9.77. The molecule has 4 N–H and O–H groups in total. The zero-order chi connectivity index (χ0) is 48.2. The number of carbonyl (C=O) groups excluding carboxylic acids is 4. The lowest BCUT2D eigenvalue weighted by Gasteiger charge is -2.45. The van der Waals surface area contributed by atoms with Crippen molar-refractivity contribution in [3.8, 4) is 0 Å². The summed E-state index contributed by atoms with van der Waals surface area (Å²) in [5, 5.41) is 15.8. The molecule has 4 aromatic rings. The molecule has 1 heterocycles. The fourth-order valence-corrected chi connectivity index (χ4v) is 10.6. The van der Waals surface area contributed by atoms with Crippen molar-refractivity contribution < 1.29 is 19.2 Å². The van der Waals surface area contributed by atoms with Crippen molar-refractivity contribution in [2.75, 3.05) is 41.3 Å². The van der Waals surface area contributed by atoms with Gasteiger partial charge in [0, 0.05) is 76.9 Å². The highest BCUT2D eigenvalue weighted by molar-refractivity contribution is 7.09. The number of halogens is 2. The molecule has 0 bridgehead atoms. The topological polar surface area (TPSA) is 123 Å². The summed E-state index contributed by atoms with van der Waals surface area (Å²) in [5.41, 5.74) is 3.98. The van der Waals surface area contributed by atoms with Crippen LogP contribution < -0.4 is 21.3 Å². The first kappa shape index (κ1) is 53.7. The Morgan fingerprint density at radius 1 is 0.627 bits per heavy atom. The first-order valence-electron chi connectivity index (χ1n) is 24.2. The maximum Gasteiger partial charge on any atom is 0.220 e. The second-order valence-electron chi connectivity index (χ2n) is 19.2. The number of carbonyl (C=O) groups is 4. The van der Waals surface area contributed by atoms with Crippen LogP contribution in [0.1, 0.15) is 118 Å². The monoisotopic (exact) mass is 972 g/mol. The third-order valence-corrected chi connectivity index (χ3v) is 15.4. The summed E-state index contributed by atoms with van der Waals surface area (Å²) in [5.74, 6) is 0.164. The van der Waals surface area contributed by atoms with E-state index in [0.29, 0.717) is 37.4 Å². The molecule has 4 amide bonds. The van der Waals surface area contributed by atoms with E-state index >= 15 is 0 Å². The van der Waals surface area contributed by atoms with Gasteiger partial charge in [-0.05, 0) is 164 Å². The van der Waals surface area contributed by atoms with E-state index in [-0.39, 0.29) is 65.5 Å². The van der Waals surface area contributed by atoms with Gasteiger partial charge in [0.1, 0.15) is 0 Å². The minimum absolute atomic E-state index is 0.00652. The van der Waals surface area contributed by atoms with Crippen LogP contribution in [0.4, 0.5) is 0 Å². The third-order valence-electron chi connectivity index (χ3n) is 14.0. The van der Waals surface area contributed by atoms with Crippen molar-refractivity contribution in [2.45, 2.75) is 139 Å². The van der Waals surface area contributed by atoms with Crippen LogP contribution in [0.5, 0.6) is 0 Å². The molecule has 2 aliphatic rings. The quantitative estimate of drug-likeness (QED) is 0.0660. The third kappa shape index (κ3) is 18.0. The van der Waals surface area contributed by atoms with Crippen LogP contribution in [0.3, 0.4) is 0 Å². The minimum Gasteiger partial charge on any atom is -0.356 e. The fraction of sp³-hybridized carbons (Fsp3) is 0.519. The Morgan fingerprint density at radius 2 is 1.16 bits per heavy atom. The van der Waals surface area contributed by atoms with E-state index in [1.54, 1.807) is 11.3 Å². The van der Waals surface area contributed by atoms with Gasteiger partial charge in [-0.1, -0.05) is 90.8 Å². The molecule has 0 radical (unpaired) electrons. The smallest absolute Gasteiger partial charge is 0.220 e. The molecule has 67 heavy (non-hydrogen) atoms. The van der Waals surface area contributed by atoms with Crippen molar-refractivity contribution >= 4 is 58.2 Å². The zero-order valence-corrected chi connectivity index (χ0v) is 42.7. The first-order chi connectivity index (χ1) is 32.1. The number of thiophene rings is 1. The lowest BCUT2D eigenvalue weighted by molar-refractivity contribution is -0.127. The van der Waals surface area contributed by atoms with Crippen LogP contribution in [-0.2, 0) is 38.4 Å². The van der Waals surface area contributed by atoms with Gasteiger partial charge < -0.3 is 31.1 Å². The second-order valence-corrected chi connectivity index (χ2v) is 21.1. The van der Waals surface area contributed by atoms with Crippen molar-refractivity contribution in [3.63, 3.8) is 0 Å². The largest absolute Gasteiger partial charge is 0.356 e. The van der Waals surface area contributed by atoms with E-state index in [4.69, 9.17) is 23.2 Å². The molecular weight excluding hydrogens is 900 g/mol. The zero-order valence-electron chi connectivity index (χ0n) is 40.4. The van der Waals surface area contributed by atoms with E-state index in [9.17, 15) is 19.2 Å². The van der Waals surface area contributed by atoms with Gasteiger partial charge in [0.25, 0.3) is 0 Å². The molecule has 0 spiro atoms. The molecule has 10 nitrogen and oxygen atoms in total. The molecule has 2 fully saturated rings. The number of nitrogens with one attached hydrogen (secondary N) is 4. The molecule has 1 unspecified atom stereocenters. The van der Waals surface area contributed by atoms with E-state index in [1.165, 1.54) is 16.0 Å². The van der Waals surface area contributed by atoms with Crippen molar-refractivity contribution in [1.82, 2.24) is 31.1 Å². The molecule has 6 rings (SSSR count). The maximum absolute atomic E-state index is 12.5. The molecule has 3 aromatic carbocycles. The van der Waals surface area contributed by atoms with E-state index in [0.717, 1.165) is 81.2 Å². The average molecular weight is 974 g/mol. The summed E-state index contributed by atoms with van der Waals surface area (Å²) in [6, 6.07) is 30.9. The van der Waals surface area contributed by atoms with Crippen LogP contribution in [0.15, 0.2) is 96.4 Å². The van der Waals surface area contributed by atoms with Crippen molar-refractivity contribution in [1.29, 1.82) is 0 Å². The molecule has 2 aliphatic carbocycles. The lowest BCUT2D eigenvalue weighted by Crippen LogP contribution is -2.52. The summed E-state index contributed by atoms with van der Waals surface area (Å²) < 4.78 is 0. The summed E-state index contributed by atoms with van der Waals surface area (Å²) in [7, 11) is 8.62. The summed E-state index contributed by atoms with van der Waals surface area (Å²) >= 11 is 13.8. The van der Waals surface area contributed by atoms with Crippen LogP contribution in [0.2, 0.25) is 10.0 Å². The number of hydrogen-bond donors (Lipinski definition) is 4.